The molecule has 19 heavy (non-hydrogen) atoms. The van der Waals surface area contributed by atoms with Crippen LogP contribution in [0.25, 0.3) is 0 Å². The lowest BCUT2D eigenvalue weighted by molar-refractivity contribution is 0.0555. The van der Waals surface area contributed by atoms with E-state index in [1.54, 1.807) is 0 Å². The molecule has 1 aromatic carbocycles. The van der Waals surface area contributed by atoms with Gasteiger partial charge in [-0.1, -0.05) is 42.1 Å². The molecule has 2 aliphatic heterocycles. The van der Waals surface area contributed by atoms with E-state index in [4.69, 9.17) is 9.73 Å². The van der Waals surface area contributed by atoms with Crippen LogP contribution in [0.2, 0.25) is 0 Å². The zero-order chi connectivity index (χ0) is 13.0. The van der Waals surface area contributed by atoms with Crippen molar-refractivity contribution in [3.05, 3.63) is 35.9 Å². The van der Waals surface area contributed by atoms with Gasteiger partial charge in [-0.05, 0) is 24.8 Å². The zero-order valence-corrected chi connectivity index (χ0v) is 11.9. The minimum atomic E-state index is 0.258. The molecule has 0 saturated carbocycles. The van der Waals surface area contributed by atoms with Gasteiger partial charge in [0.25, 0.3) is 0 Å². The predicted molar refractivity (Wildman–Crippen MR) is 80.8 cm³/mol. The molecule has 2 saturated heterocycles. The minimum Gasteiger partial charge on any atom is -0.381 e. The van der Waals surface area contributed by atoms with Gasteiger partial charge >= 0.3 is 0 Å². The predicted octanol–water partition coefficient (Wildman–Crippen LogP) is 2.47. The molecule has 3 rings (SSSR count). The van der Waals surface area contributed by atoms with Gasteiger partial charge in [0.05, 0.1) is 5.54 Å². The van der Waals surface area contributed by atoms with Crippen molar-refractivity contribution < 1.29 is 4.74 Å². The van der Waals surface area contributed by atoms with Crippen molar-refractivity contribution in [1.29, 1.82) is 0 Å². The first-order valence-corrected chi connectivity index (χ1v) is 7.92. The molecular weight excluding hydrogens is 256 g/mol. The van der Waals surface area contributed by atoms with Gasteiger partial charge in [-0.2, -0.15) is 0 Å². The first-order chi connectivity index (χ1) is 9.36. The third-order valence-corrected chi connectivity index (χ3v) is 5.01. The monoisotopic (exact) mass is 276 g/mol. The van der Waals surface area contributed by atoms with Gasteiger partial charge in [0.2, 0.25) is 0 Å². The summed E-state index contributed by atoms with van der Waals surface area (Å²) in [5, 5.41) is 4.75. The Morgan fingerprint density at radius 2 is 2.00 bits per heavy atom. The first-order valence-electron chi connectivity index (χ1n) is 6.93. The molecule has 1 N–H and O–H groups in total. The Kier molecular flexibility index (Phi) is 4.09. The maximum atomic E-state index is 5.44. The van der Waals surface area contributed by atoms with Crippen molar-refractivity contribution in [2.24, 2.45) is 4.99 Å². The summed E-state index contributed by atoms with van der Waals surface area (Å²) in [5.74, 6) is 1.14. The van der Waals surface area contributed by atoms with Gasteiger partial charge in [-0.15, -0.1) is 0 Å². The third-order valence-electron chi connectivity index (χ3n) is 3.81. The number of thioether (sulfide) groups is 1. The summed E-state index contributed by atoms with van der Waals surface area (Å²) in [4.78, 5) is 4.70. The van der Waals surface area contributed by atoms with Gasteiger partial charge in [0.1, 0.15) is 0 Å². The van der Waals surface area contributed by atoms with Crippen molar-refractivity contribution in [2.75, 3.05) is 25.5 Å². The molecule has 1 aromatic rings. The third kappa shape index (κ3) is 3.31. The molecule has 2 heterocycles. The molecule has 102 valence electrons. The summed E-state index contributed by atoms with van der Waals surface area (Å²) < 4.78 is 5.44. The highest BCUT2D eigenvalue weighted by molar-refractivity contribution is 8.14. The highest BCUT2D eigenvalue weighted by atomic mass is 32.2. The standard InChI is InChI=1S/C15H20N2OS/c1-2-4-13(5-3-1)6-9-16-14-17-15(12-19-14)7-10-18-11-8-15/h1-5H,6-12H2,(H,16,17). The lowest BCUT2D eigenvalue weighted by Gasteiger charge is -2.32. The van der Waals surface area contributed by atoms with Crippen LogP contribution in [0.3, 0.4) is 0 Å². The summed E-state index contributed by atoms with van der Waals surface area (Å²) in [5.41, 5.74) is 1.62. The van der Waals surface area contributed by atoms with Gasteiger partial charge in [-0.3, -0.25) is 4.99 Å². The molecule has 0 bridgehead atoms. The Balaban J connectivity index is 1.52. The van der Waals surface area contributed by atoms with Gasteiger partial charge in [0.15, 0.2) is 5.17 Å². The van der Waals surface area contributed by atoms with Crippen LogP contribution in [0.15, 0.2) is 35.3 Å². The second-order valence-electron chi connectivity index (χ2n) is 5.23. The highest BCUT2D eigenvalue weighted by Crippen LogP contribution is 2.31. The average molecular weight is 276 g/mol. The largest absolute Gasteiger partial charge is 0.381 e. The molecule has 0 aromatic heterocycles. The van der Waals surface area contributed by atoms with Crippen LogP contribution in [-0.2, 0) is 11.2 Å². The van der Waals surface area contributed by atoms with E-state index in [-0.39, 0.29) is 5.54 Å². The van der Waals surface area contributed by atoms with Crippen LogP contribution >= 0.6 is 11.8 Å². The van der Waals surface area contributed by atoms with E-state index >= 15 is 0 Å². The van der Waals surface area contributed by atoms with Crippen molar-refractivity contribution in [3.8, 4) is 0 Å². The highest BCUT2D eigenvalue weighted by Gasteiger charge is 2.38. The molecule has 0 radical (unpaired) electrons. The number of amidine groups is 1. The van der Waals surface area contributed by atoms with Crippen molar-refractivity contribution in [2.45, 2.75) is 24.8 Å². The molecule has 2 fully saturated rings. The van der Waals surface area contributed by atoms with E-state index in [9.17, 15) is 0 Å². The molecule has 3 nitrogen and oxygen atoms in total. The van der Waals surface area contributed by atoms with Crippen LogP contribution in [0.1, 0.15) is 18.4 Å². The summed E-state index contributed by atoms with van der Waals surface area (Å²) in [6.45, 7) is 2.63. The Bertz CT molecular complexity index is 441. The normalized spacial score (nSPS) is 23.7. The van der Waals surface area contributed by atoms with Gasteiger partial charge in [-0.25, -0.2) is 0 Å². The Labute approximate surface area is 118 Å². The van der Waals surface area contributed by atoms with E-state index in [0.717, 1.165) is 49.9 Å². The summed E-state index contributed by atoms with van der Waals surface area (Å²) >= 11 is 1.87. The maximum absolute atomic E-state index is 5.44. The number of hydrogen-bond donors (Lipinski definition) is 1. The Hall–Kier alpha value is -1.00. The molecule has 0 atom stereocenters. The molecule has 0 amide bonds. The number of ether oxygens (including phenoxy) is 1. The summed E-state index contributed by atoms with van der Waals surface area (Å²) in [7, 11) is 0. The van der Waals surface area contributed by atoms with Gasteiger partial charge < -0.3 is 10.1 Å². The molecule has 0 unspecified atom stereocenters. The van der Waals surface area contributed by atoms with E-state index in [1.807, 2.05) is 11.8 Å². The summed E-state index contributed by atoms with van der Waals surface area (Å²) in [6.07, 6.45) is 3.23. The van der Waals surface area contributed by atoms with Crippen LogP contribution in [0.4, 0.5) is 0 Å². The van der Waals surface area contributed by atoms with E-state index in [2.05, 4.69) is 35.6 Å². The smallest absolute Gasteiger partial charge is 0.157 e. The first kappa shape index (κ1) is 13.0. The SMILES string of the molecule is c1ccc(CCN=C2NC3(CCOCC3)CS2)cc1. The second kappa shape index (κ2) is 5.97. The van der Waals surface area contributed by atoms with Crippen molar-refractivity contribution in [1.82, 2.24) is 5.32 Å². The molecule has 0 aliphatic carbocycles. The lowest BCUT2D eigenvalue weighted by Crippen LogP contribution is -2.48. The number of nitrogens with zero attached hydrogens (tertiary/aromatic N) is 1. The number of hydrogen-bond acceptors (Lipinski definition) is 3. The summed E-state index contributed by atoms with van der Waals surface area (Å²) in [6, 6.07) is 10.5. The van der Waals surface area contributed by atoms with E-state index in [0.29, 0.717) is 0 Å². The fourth-order valence-electron chi connectivity index (χ4n) is 2.55. The number of benzene rings is 1. The fourth-order valence-corrected chi connectivity index (χ4v) is 3.80. The molecule has 4 heteroatoms. The van der Waals surface area contributed by atoms with Crippen LogP contribution in [0, 0.1) is 0 Å². The molecule has 1 spiro atoms. The fraction of sp³-hybridized carbons (Fsp3) is 0.533. The quantitative estimate of drug-likeness (QED) is 0.921. The number of aliphatic imine (C=N–C) groups is 1. The topological polar surface area (TPSA) is 33.6 Å². The van der Waals surface area contributed by atoms with Crippen LogP contribution in [0.5, 0.6) is 0 Å². The lowest BCUT2D eigenvalue weighted by atomic mass is 9.93. The van der Waals surface area contributed by atoms with Crippen LogP contribution in [-0.4, -0.2) is 36.2 Å². The second-order valence-corrected chi connectivity index (χ2v) is 6.19. The van der Waals surface area contributed by atoms with Crippen molar-refractivity contribution in [3.63, 3.8) is 0 Å². The Morgan fingerprint density at radius 1 is 1.21 bits per heavy atom. The van der Waals surface area contributed by atoms with E-state index < -0.39 is 0 Å². The Morgan fingerprint density at radius 3 is 2.79 bits per heavy atom. The van der Waals surface area contributed by atoms with E-state index in [1.165, 1.54) is 5.56 Å². The number of nitrogens with one attached hydrogen (secondary N) is 1. The van der Waals surface area contributed by atoms with Crippen molar-refractivity contribution >= 4 is 16.9 Å². The zero-order valence-electron chi connectivity index (χ0n) is 11.1. The van der Waals surface area contributed by atoms with Gasteiger partial charge in [0, 0.05) is 25.5 Å². The minimum absolute atomic E-state index is 0.258. The number of rotatable bonds is 3. The average Bonchev–Trinajstić information content (AvgIpc) is 2.84. The molecule has 2 aliphatic rings. The molecular formula is C15H20N2OS. The van der Waals surface area contributed by atoms with Crippen LogP contribution < -0.4 is 5.32 Å². The maximum Gasteiger partial charge on any atom is 0.157 e.